The lowest BCUT2D eigenvalue weighted by molar-refractivity contribution is 0.0633. The molecule has 1 aliphatic heterocycles. The van der Waals surface area contributed by atoms with Gasteiger partial charge in [-0.1, -0.05) is 12.1 Å². The molecule has 1 saturated heterocycles. The van der Waals surface area contributed by atoms with Crippen LogP contribution in [0.5, 0.6) is 11.5 Å². The molecule has 1 fully saturated rings. The standard InChI is InChI=1S/C22H28N2O3/c1-23(2)19-9-4-8-18(13-19)22(25)24-12-6-7-17(15-24)16-27-21-11-5-10-20(14-21)26-3/h4-5,8-11,13-14,17H,6-7,12,15-16H2,1-3H3/t17-/m0/s1. The summed E-state index contributed by atoms with van der Waals surface area (Å²) < 4.78 is 11.2. The van der Waals surface area contributed by atoms with Crippen molar-refractivity contribution in [3.05, 3.63) is 54.1 Å². The van der Waals surface area contributed by atoms with E-state index in [9.17, 15) is 4.79 Å². The molecular formula is C22H28N2O3. The molecule has 0 bridgehead atoms. The maximum atomic E-state index is 12.9. The van der Waals surface area contributed by atoms with Crippen molar-refractivity contribution in [3.63, 3.8) is 0 Å². The van der Waals surface area contributed by atoms with Gasteiger partial charge in [0.05, 0.1) is 13.7 Å². The summed E-state index contributed by atoms with van der Waals surface area (Å²) in [7, 11) is 5.61. The van der Waals surface area contributed by atoms with E-state index < -0.39 is 0 Å². The van der Waals surface area contributed by atoms with Crippen LogP contribution >= 0.6 is 0 Å². The lowest BCUT2D eigenvalue weighted by Gasteiger charge is -2.33. The van der Waals surface area contributed by atoms with Gasteiger partial charge < -0.3 is 19.3 Å². The molecule has 1 amide bonds. The minimum atomic E-state index is 0.102. The van der Waals surface area contributed by atoms with Crippen LogP contribution in [-0.2, 0) is 0 Å². The van der Waals surface area contributed by atoms with Crippen molar-refractivity contribution < 1.29 is 14.3 Å². The zero-order chi connectivity index (χ0) is 19.2. The summed E-state index contributed by atoms with van der Waals surface area (Å²) in [4.78, 5) is 16.9. The molecule has 0 aromatic heterocycles. The molecule has 0 radical (unpaired) electrons. The Morgan fingerprint density at radius 3 is 2.70 bits per heavy atom. The van der Waals surface area contributed by atoms with Crippen molar-refractivity contribution in [2.24, 2.45) is 5.92 Å². The van der Waals surface area contributed by atoms with Gasteiger partial charge in [0.1, 0.15) is 11.5 Å². The van der Waals surface area contributed by atoms with Gasteiger partial charge in [-0.25, -0.2) is 0 Å². The third-order valence-electron chi connectivity index (χ3n) is 4.94. The van der Waals surface area contributed by atoms with Crippen LogP contribution in [0.3, 0.4) is 0 Å². The Bertz CT molecular complexity index is 776. The van der Waals surface area contributed by atoms with Crippen LogP contribution in [0.25, 0.3) is 0 Å². The molecule has 0 saturated carbocycles. The van der Waals surface area contributed by atoms with Crippen LogP contribution < -0.4 is 14.4 Å². The molecule has 27 heavy (non-hydrogen) atoms. The molecule has 1 atom stereocenters. The maximum absolute atomic E-state index is 12.9. The number of carbonyl (C=O) groups excluding carboxylic acids is 1. The Morgan fingerprint density at radius 1 is 1.15 bits per heavy atom. The Balaban J connectivity index is 1.60. The van der Waals surface area contributed by atoms with E-state index in [1.807, 2.05) is 72.4 Å². The molecule has 1 heterocycles. The van der Waals surface area contributed by atoms with E-state index in [-0.39, 0.29) is 5.91 Å². The minimum Gasteiger partial charge on any atom is -0.497 e. The van der Waals surface area contributed by atoms with Crippen molar-refractivity contribution in [3.8, 4) is 11.5 Å². The number of hydrogen-bond acceptors (Lipinski definition) is 4. The van der Waals surface area contributed by atoms with Crippen LogP contribution in [0.15, 0.2) is 48.5 Å². The molecule has 2 aromatic carbocycles. The fraction of sp³-hybridized carbons (Fsp3) is 0.409. The van der Waals surface area contributed by atoms with E-state index in [0.717, 1.165) is 48.7 Å². The van der Waals surface area contributed by atoms with Crippen molar-refractivity contribution in [2.45, 2.75) is 12.8 Å². The summed E-state index contributed by atoms with van der Waals surface area (Å²) >= 11 is 0. The summed E-state index contributed by atoms with van der Waals surface area (Å²) in [6, 6.07) is 15.4. The Morgan fingerprint density at radius 2 is 1.93 bits per heavy atom. The first-order valence-electron chi connectivity index (χ1n) is 9.40. The van der Waals surface area contributed by atoms with E-state index in [4.69, 9.17) is 9.47 Å². The molecule has 144 valence electrons. The van der Waals surface area contributed by atoms with Crippen molar-refractivity contribution in [1.82, 2.24) is 4.90 Å². The summed E-state index contributed by atoms with van der Waals surface area (Å²) in [5, 5.41) is 0. The monoisotopic (exact) mass is 368 g/mol. The smallest absolute Gasteiger partial charge is 0.253 e. The lowest BCUT2D eigenvalue weighted by Crippen LogP contribution is -2.41. The summed E-state index contributed by atoms with van der Waals surface area (Å²) in [6.07, 6.45) is 2.08. The maximum Gasteiger partial charge on any atom is 0.253 e. The number of benzene rings is 2. The van der Waals surface area contributed by atoms with Gasteiger partial charge in [0.15, 0.2) is 0 Å². The zero-order valence-electron chi connectivity index (χ0n) is 16.4. The highest BCUT2D eigenvalue weighted by Crippen LogP contribution is 2.23. The van der Waals surface area contributed by atoms with Gasteiger partial charge in [0.25, 0.3) is 5.91 Å². The number of hydrogen-bond donors (Lipinski definition) is 0. The number of likely N-dealkylation sites (tertiary alicyclic amines) is 1. The largest absolute Gasteiger partial charge is 0.497 e. The zero-order valence-corrected chi connectivity index (χ0v) is 16.4. The molecule has 0 spiro atoms. The quantitative estimate of drug-likeness (QED) is 0.780. The van der Waals surface area contributed by atoms with Gasteiger partial charge >= 0.3 is 0 Å². The predicted molar refractivity (Wildman–Crippen MR) is 108 cm³/mol. The molecule has 0 aliphatic carbocycles. The van der Waals surface area contributed by atoms with E-state index in [2.05, 4.69) is 0 Å². The molecular weight excluding hydrogens is 340 g/mol. The van der Waals surface area contributed by atoms with E-state index in [1.165, 1.54) is 0 Å². The Labute approximate surface area is 161 Å². The van der Waals surface area contributed by atoms with Crippen LogP contribution in [0.4, 0.5) is 5.69 Å². The second-order valence-corrected chi connectivity index (χ2v) is 7.19. The van der Waals surface area contributed by atoms with Crippen LogP contribution in [-0.4, -0.2) is 51.7 Å². The van der Waals surface area contributed by atoms with Crippen LogP contribution in [0, 0.1) is 5.92 Å². The number of ether oxygens (including phenoxy) is 2. The number of rotatable bonds is 6. The van der Waals surface area contributed by atoms with Crippen LogP contribution in [0.1, 0.15) is 23.2 Å². The Hall–Kier alpha value is -2.69. The highest BCUT2D eigenvalue weighted by atomic mass is 16.5. The lowest BCUT2D eigenvalue weighted by atomic mass is 9.98. The first kappa shape index (κ1) is 19.1. The summed E-state index contributed by atoms with van der Waals surface area (Å²) in [5.74, 6) is 2.03. The number of nitrogens with zero attached hydrogens (tertiary/aromatic N) is 2. The summed E-state index contributed by atoms with van der Waals surface area (Å²) in [6.45, 7) is 2.14. The molecule has 0 N–H and O–H groups in total. The number of anilines is 1. The average molecular weight is 368 g/mol. The van der Waals surface area contributed by atoms with Gasteiger partial charge in [0.2, 0.25) is 0 Å². The molecule has 5 heteroatoms. The number of carbonyl (C=O) groups is 1. The van der Waals surface area contributed by atoms with Crippen molar-refractivity contribution in [1.29, 1.82) is 0 Å². The second-order valence-electron chi connectivity index (χ2n) is 7.19. The molecule has 0 unspecified atom stereocenters. The van der Waals surface area contributed by atoms with E-state index in [1.54, 1.807) is 7.11 Å². The van der Waals surface area contributed by atoms with E-state index in [0.29, 0.717) is 12.5 Å². The molecule has 1 aliphatic rings. The van der Waals surface area contributed by atoms with Gasteiger partial charge in [-0.3, -0.25) is 4.79 Å². The highest BCUT2D eigenvalue weighted by Gasteiger charge is 2.25. The number of amides is 1. The van der Waals surface area contributed by atoms with E-state index >= 15 is 0 Å². The minimum absolute atomic E-state index is 0.102. The van der Waals surface area contributed by atoms with Gasteiger partial charge in [-0.2, -0.15) is 0 Å². The van der Waals surface area contributed by atoms with Crippen molar-refractivity contribution in [2.75, 3.05) is 45.8 Å². The normalized spacial score (nSPS) is 16.7. The molecule has 2 aromatic rings. The molecule has 3 rings (SSSR count). The fourth-order valence-corrected chi connectivity index (χ4v) is 3.39. The predicted octanol–water partition coefficient (Wildman–Crippen LogP) is 3.69. The molecule has 5 nitrogen and oxygen atoms in total. The topological polar surface area (TPSA) is 42.0 Å². The van der Waals surface area contributed by atoms with Gasteiger partial charge in [-0.05, 0) is 43.2 Å². The van der Waals surface area contributed by atoms with Gasteiger partial charge in [0, 0.05) is 50.4 Å². The SMILES string of the molecule is COc1cccc(OC[C@H]2CCCN(C(=O)c3cccc(N(C)C)c3)C2)c1. The summed E-state index contributed by atoms with van der Waals surface area (Å²) in [5.41, 5.74) is 1.78. The Kier molecular flexibility index (Phi) is 6.22. The first-order chi connectivity index (χ1) is 13.1. The first-order valence-corrected chi connectivity index (χ1v) is 9.40. The highest BCUT2D eigenvalue weighted by molar-refractivity contribution is 5.95. The average Bonchev–Trinajstić information content (AvgIpc) is 2.72. The van der Waals surface area contributed by atoms with Crippen molar-refractivity contribution >= 4 is 11.6 Å². The second kappa shape index (κ2) is 8.80. The third-order valence-corrected chi connectivity index (χ3v) is 4.94. The van der Waals surface area contributed by atoms with Crippen LogP contribution in [0.2, 0.25) is 0 Å². The number of piperidine rings is 1. The number of methoxy groups -OCH3 is 1. The fourth-order valence-electron chi connectivity index (χ4n) is 3.39. The third kappa shape index (κ3) is 4.94. The van der Waals surface area contributed by atoms with Gasteiger partial charge in [-0.15, -0.1) is 0 Å².